The number of aromatic hydroxyl groups is 1. The molecule has 26 heavy (non-hydrogen) atoms. The summed E-state index contributed by atoms with van der Waals surface area (Å²) >= 11 is 5.35. The number of carboxylic acid groups (broad SMARTS) is 1. The summed E-state index contributed by atoms with van der Waals surface area (Å²) in [6.07, 6.45) is 0.0971. The number of amides is 2. The van der Waals surface area contributed by atoms with Gasteiger partial charge in [-0.1, -0.05) is 18.2 Å². The number of aliphatic carboxylic acids is 1. The quantitative estimate of drug-likeness (QED) is 0.414. The lowest BCUT2D eigenvalue weighted by Gasteiger charge is -2.29. The summed E-state index contributed by atoms with van der Waals surface area (Å²) in [6.45, 7) is -0.756. The van der Waals surface area contributed by atoms with E-state index in [4.69, 9.17) is 10.2 Å². The number of rotatable bonds is 7. The van der Waals surface area contributed by atoms with Crippen molar-refractivity contribution in [1.82, 2.24) is 10.2 Å². The summed E-state index contributed by atoms with van der Waals surface area (Å²) in [7, 11) is 0. The fourth-order valence-electron chi connectivity index (χ4n) is 2.63. The SMILES string of the molecule is O=C(N[C@@H](CO)C(=O)O)C1CSC(c2ccccc2O)N1C(=O)CCS. The van der Waals surface area contributed by atoms with Crippen LogP contribution in [0.5, 0.6) is 5.75 Å². The Kier molecular flexibility index (Phi) is 7.18. The normalized spacial score (nSPS) is 20.6. The third-order valence-electron chi connectivity index (χ3n) is 3.92. The minimum absolute atomic E-state index is 0.00787. The molecule has 0 saturated carbocycles. The summed E-state index contributed by atoms with van der Waals surface area (Å²) in [5, 5.41) is 29.9. The molecule has 1 heterocycles. The minimum atomic E-state index is -1.45. The Morgan fingerprint density at radius 1 is 1.35 bits per heavy atom. The zero-order valence-electron chi connectivity index (χ0n) is 13.7. The van der Waals surface area contributed by atoms with Crippen LogP contribution in [0.2, 0.25) is 0 Å². The zero-order valence-corrected chi connectivity index (χ0v) is 15.4. The number of aliphatic hydroxyl groups is 1. The van der Waals surface area contributed by atoms with Gasteiger partial charge in [0.2, 0.25) is 11.8 Å². The van der Waals surface area contributed by atoms with E-state index in [0.717, 1.165) is 0 Å². The van der Waals surface area contributed by atoms with E-state index in [-0.39, 0.29) is 29.6 Å². The van der Waals surface area contributed by atoms with E-state index in [1.165, 1.54) is 22.7 Å². The highest BCUT2D eigenvalue weighted by atomic mass is 32.2. The molecule has 8 nitrogen and oxygen atoms in total. The van der Waals surface area contributed by atoms with Crippen LogP contribution in [-0.2, 0) is 14.4 Å². The van der Waals surface area contributed by atoms with Gasteiger partial charge in [-0.15, -0.1) is 11.8 Å². The predicted octanol–water partition coefficient (Wildman–Crippen LogP) is 0.216. The lowest BCUT2D eigenvalue weighted by atomic mass is 10.1. The Balaban J connectivity index is 2.28. The molecular formula is C16H20N2O6S2. The van der Waals surface area contributed by atoms with Crippen molar-refractivity contribution in [3.63, 3.8) is 0 Å². The molecule has 2 amide bonds. The number of carbonyl (C=O) groups is 3. The molecule has 1 aromatic carbocycles. The third kappa shape index (κ3) is 4.43. The van der Waals surface area contributed by atoms with Crippen molar-refractivity contribution in [2.75, 3.05) is 18.1 Å². The number of benzene rings is 1. The molecule has 142 valence electrons. The molecule has 0 aromatic heterocycles. The van der Waals surface area contributed by atoms with Crippen molar-refractivity contribution in [2.24, 2.45) is 0 Å². The van der Waals surface area contributed by atoms with E-state index >= 15 is 0 Å². The van der Waals surface area contributed by atoms with Crippen LogP contribution in [0, 0.1) is 0 Å². The van der Waals surface area contributed by atoms with E-state index in [0.29, 0.717) is 5.56 Å². The number of nitrogens with one attached hydrogen (secondary N) is 1. The molecular weight excluding hydrogens is 380 g/mol. The van der Waals surface area contributed by atoms with Crippen molar-refractivity contribution in [2.45, 2.75) is 23.9 Å². The third-order valence-corrected chi connectivity index (χ3v) is 5.45. The smallest absolute Gasteiger partial charge is 0.328 e. The van der Waals surface area contributed by atoms with Gasteiger partial charge in [0, 0.05) is 17.7 Å². The first-order valence-corrected chi connectivity index (χ1v) is 9.54. The summed E-state index contributed by atoms with van der Waals surface area (Å²) in [6, 6.07) is 4.18. The number of para-hydroxylation sites is 1. The Labute approximate surface area is 160 Å². The molecule has 2 rings (SSSR count). The maximum Gasteiger partial charge on any atom is 0.328 e. The average molecular weight is 400 g/mol. The molecule has 0 radical (unpaired) electrons. The summed E-state index contributed by atoms with van der Waals surface area (Å²) in [5.74, 6) is -1.82. The summed E-state index contributed by atoms with van der Waals surface area (Å²) in [5.41, 5.74) is 0.497. The van der Waals surface area contributed by atoms with Crippen molar-refractivity contribution in [1.29, 1.82) is 0 Å². The number of hydrogen-bond donors (Lipinski definition) is 5. The van der Waals surface area contributed by atoms with E-state index in [2.05, 4.69) is 17.9 Å². The molecule has 0 bridgehead atoms. The highest BCUT2D eigenvalue weighted by Crippen LogP contribution is 2.44. The van der Waals surface area contributed by atoms with Crippen LogP contribution in [0.3, 0.4) is 0 Å². The highest BCUT2D eigenvalue weighted by Gasteiger charge is 2.43. The highest BCUT2D eigenvalue weighted by molar-refractivity contribution is 7.99. The fraction of sp³-hybridized carbons (Fsp3) is 0.438. The summed E-state index contributed by atoms with van der Waals surface area (Å²) in [4.78, 5) is 37.5. The molecule has 2 unspecified atom stereocenters. The van der Waals surface area contributed by atoms with Gasteiger partial charge in [-0.3, -0.25) is 9.59 Å². The second-order valence-corrected chi connectivity index (χ2v) is 7.18. The molecule has 1 saturated heterocycles. The van der Waals surface area contributed by atoms with E-state index in [1.54, 1.807) is 18.2 Å². The van der Waals surface area contributed by atoms with Gasteiger partial charge in [0.05, 0.1) is 6.61 Å². The maximum atomic E-state index is 12.6. The Morgan fingerprint density at radius 2 is 2.04 bits per heavy atom. The van der Waals surface area contributed by atoms with Crippen LogP contribution < -0.4 is 5.32 Å². The molecule has 4 N–H and O–H groups in total. The van der Waals surface area contributed by atoms with Gasteiger partial charge in [0.15, 0.2) is 0 Å². The predicted molar refractivity (Wildman–Crippen MR) is 99.1 cm³/mol. The summed E-state index contributed by atoms with van der Waals surface area (Å²) < 4.78 is 0. The number of aliphatic hydroxyl groups excluding tert-OH is 1. The van der Waals surface area contributed by atoms with Crippen molar-refractivity contribution in [3.8, 4) is 5.75 Å². The number of nitrogens with zero attached hydrogens (tertiary/aromatic N) is 1. The Bertz CT molecular complexity index is 686. The van der Waals surface area contributed by atoms with Crippen molar-refractivity contribution in [3.05, 3.63) is 29.8 Å². The molecule has 0 aliphatic carbocycles. The number of hydrogen-bond acceptors (Lipinski definition) is 7. The van der Waals surface area contributed by atoms with E-state index in [9.17, 15) is 19.5 Å². The molecule has 10 heteroatoms. The number of phenolic OH excluding ortho intramolecular Hbond substituents is 1. The van der Waals surface area contributed by atoms with Gasteiger partial charge in [-0.05, 0) is 11.8 Å². The molecule has 0 spiro atoms. The van der Waals surface area contributed by atoms with Crippen LogP contribution in [-0.4, -0.2) is 68.2 Å². The molecule has 1 aromatic rings. The second-order valence-electron chi connectivity index (χ2n) is 5.62. The Morgan fingerprint density at radius 3 is 2.62 bits per heavy atom. The van der Waals surface area contributed by atoms with E-state index in [1.807, 2.05) is 0 Å². The number of thioether (sulfide) groups is 1. The van der Waals surface area contributed by atoms with Gasteiger partial charge in [0.1, 0.15) is 23.2 Å². The fourth-order valence-corrected chi connectivity index (χ4v) is 4.30. The first-order valence-electron chi connectivity index (χ1n) is 7.86. The molecule has 1 aliphatic heterocycles. The first kappa shape index (κ1) is 20.4. The number of carboxylic acids is 1. The van der Waals surface area contributed by atoms with Gasteiger partial charge >= 0.3 is 5.97 Å². The lowest BCUT2D eigenvalue weighted by molar-refractivity contribution is -0.145. The van der Waals surface area contributed by atoms with Gasteiger partial charge in [0.25, 0.3) is 0 Å². The number of carbonyl (C=O) groups excluding carboxylic acids is 2. The van der Waals surface area contributed by atoms with Crippen LogP contribution >= 0.6 is 24.4 Å². The van der Waals surface area contributed by atoms with Crippen LogP contribution in [0.4, 0.5) is 0 Å². The van der Waals surface area contributed by atoms with Gasteiger partial charge in [-0.2, -0.15) is 12.6 Å². The molecule has 1 aliphatic rings. The topological polar surface area (TPSA) is 127 Å². The average Bonchev–Trinajstić information content (AvgIpc) is 3.04. The van der Waals surface area contributed by atoms with Gasteiger partial charge < -0.3 is 25.5 Å². The van der Waals surface area contributed by atoms with Crippen LogP contribution in [0.1, 0.15) is 17.4 Å². The molecule has 3 atom stereocenters. The maximum absolute atomic E-state index is 12.6. The number of phenols is 1. The van der Waals surface area contributed by atoms with Crippen molar-refractivity contribution >= 4 is 42.2 Å². The lowest BCUT2D eigenvalue weighted by Crippen LogP contribution is -2.53. The standard InChI is InChI=1S/C16H20N2O6S2/c19-7-10(16(23)24)17-14(22)11-8-26-15(18(11)13(21)5-6-25)9-3-1-2-4-12(9)20/h1-4,10-11,15,19-20,25H,5-8H2,(H,17,22)(H,23,24)/t10-,11?,15?/m0/s1. The van der Waals surface area contributed by atoms with Crippen LogP contribution in [0.25, 0.3) is 0 Å². The zero-order chi connectivity index (χ0) is 19.3. The van der Waals surface area contributed by atoms with Crippen molar-refractivity contribution < 1.29 is 29.7 Å². The first-order chi connectivity index (χ1) is 12.4. The van der Waals surface area contributed by atoms with Gasteiger partial charge in [-0.25, -0.2) is 4.79 Å². The monoisotopic (exact) mass is 400 g/mol. The van der Waals surface area contributed by atoms with E-state index < -0.39 is 35.9 Å². The Hall–Kier alpha value is -1.91. The largest absolute Gasteiger partial charge is 0.508 e. The molecule has 1 fully saturated rings. The van der Waals surface area contributed by atoms with Crippen LogP contribution in [0.15, 0.2) is 24.3 Å². The minimum Gasteiger partial charge on any atom is -0.508 e. The second kappa shape index (κ2) is 9.15. The number of thiol groups is 1.